The Morgan fingerprint density at radius 1 is 1.22 bits per heavy atom. The van der Waals surface area contributed by atoms with Gasteiger partial charge in [-0.2, -0.15) is 0 Å². The van der Waals surface area contributed by atoms with Gasteiger partial charge < -0.3 is 10.1 Å². The zero-order valence-electron chi connectivity index (χ0n) is 14.0. The molecule has 0 aliphatic carbocycles. The van der Waals surface area contributed by atoms with Crippen molar-refractivity contribution in [1.82, 2.24) is 20.2 Å². The van der Waals surface area contributed by atoms with E-state index >= 15 is 0 Å². The second-order valence-electron chi connectivity index (χ2n) is 5.46. The van der Waals surface area contributed by atoms with E-state index in [1.165, 1.54) is 42.2 Å². The number of ether oxygens (including phenoxy) is 1. The monoisotopic (exact) mass is 389 g/mol. The molecule has 27 heavy (non-hydrogen) atoms. The summed E-state index contributed by atoms with van der Waals surface area (Å²) in [6.07, 6.45) is 0.280. The van der Waals surface area contributed by atoms with Crippen LogP contribution in [0.2, 0.25) is 5.02 Å². The standard InChI is InChI=1S/C17H13ClFN5O3/c1-10(16(25)21-15-7-4-12(18)8-14(15)19)27-17(26)11-2-5-13(6-3-11)24-9-20-22-23-24/h2-10H,1H3,(H,21,25)/t10-/m1/s1. The summed E-state index contributed by atoms with van der Waals surface area (Å²) in [7, 11) is 0. The van der Waals surface area contributed by atoms with Crippen molar-refractivity contribution in [2.24, 2.45) is 0 Å². The molecule has 0 unspecified atom stereocenters. The topological polar surface area (TPSA) is 99.0 Å². The number of amides is 1. The predicted molar refractivity (Wildman–Crippen MR) is 94.1 cm³/mol. The largest absolute Gasteiger partial charge is 0.449 e. The predicted octanol–water partition coefficient (Wildman–Crippen LogP) is 2.64. The van der Waals surface area contributed by atoms with Crippen LogP contribution in [0.4, 0.5) is 10.1 Å². The van der Waals surface area contributed by atoms with Gasteiger partial charge in [-0.3, -0.25) is 4.79 Å². The molecule has 0 aliphatic heterocycles. The van der Waals surface area contributed by atoms with Gasteiger partial charge in [0.15, 0.2) is 6.10 Å². The van der Waals surface area contributed by atoms with E-state index in [-0.39, 0.29) is 16.3 Å². The summed E-state index contributed by atoms with van der Waals surface area (Å²) in [5.74, 6) is -2.06. The van der Waals surface area contributed by atoms with Gasteiger partial charge in [0, 0.05) is 5.02 Å². The van der Waals surface area contributed by atoms with Gasteiger partial charge in [0.2, 0.25) is 0 Å². The maximum absolute atomic E-state index is 13.7. The molecule has 0 fully saturated rings. The van der Waals surface area contributed by atoms with Crippen LogP contribution in [0.15, 0.2) is 48.8 Å². The van der Waals surface area contributed by atoms with E-state index in [0.29, 0.717) is 5.69 Å². The molecule has 8 nitrogen and oxygen atoms in total. The van der Waals surface area contributed by atoms with Crippen LogP contribution in [0.1, 0.15) is 17.3 Å². The molecule has 1 amide bonds. The number of esters is 1. The highest BCUT2D eigenvalue weighted by atomic mass is 35.5. The third-order valence-corrected chi connectivity index (χ3v) is 3.79. The molecule has 3 aromatic rings. The molecular formula is C17H13ClFN5O3. The van der Waals surface area contributed by atoms with Gasteiger partial charge in [0.25, 0.3) is 5.91 Å². The normalized spacial score (nSPS) is 11.7. The van der Waals surface area contributed by atoms with Crippen LogP contribution in [0.5, 0.6) is 0 Å². The Bertz CT molecular complexity index is 963. The van der Waals surface area contributed by atoms with Crippen molar-refractivity contribution in [1.29, 1.82) is 0 Å². The number of nitrogens with one attached hydrogen (secondary N) is 1. The van der Waals surface area contributed by atoms with E-state index < -0.39 is 23.8 Å². The Morgan fingerprint density at radius 3 is 2.59 bits per heavy atom. The molecule has 2 aromatic carbocycles. The number of benzene rings is 2. The lowest BCUT2D eigenvalue weighted by atomic mass is 10.2. The first-order valence-electron chi connectivity index (χ1n) is 7.74. The number of tetrazole rings is 1. The number of rotatable bonds is 5. The molecule has 10 heteroatoms. The molecule has 0 saturated heterocycles. The van der Waals surface area contributed by atoms with Crippen molar-refractivity contribution in [2.45, 2.75) is 13.0 Å². The first-order valence-corrected chi connectivity index (χ1v) is 8.12. The Kier molecular flexibility index (Phi) is 5.41. The Balaban J connectivity index is 1.62. The van der Waals surface area contributed by atoms with Crippen LogP contribution in [0.25, 0.3) is 5.69 Å². The quantitative estimate of drug-likeness (QED) is 0.673. The fourth-order valence-corrected chi connectivity index (χ4v) is 2.30. The minimum Gasteiger partial charge on any atom is -0.449 e. The number of anilines is 1. The SMILES string of the molecule is C[C@@H](OC(=O)c1ccc(-n2cnnn2)cc1)C(=O)Nc1ccc(Cl)cc1F. The lowest BCUT2D eigenvalue weighted by Gasteiger charge is -2.14. The highest BCUT2D eigenvalue weighted by Crippen LogP contribution is 2.19. The number of hydrogen-bond acceptors (Lipinski definition) is 6. The van der Waals surface area contributed by atoms with Gasteiger partial charge in [-0.25, -0.2) is 13.9 Å². The summed E-state index contributed by atoms with van der Waals surface area (Å²) in [5, 5.41) is 13.3. The van der Waals surface area contributed by atoms with Gasteiger partial charge in [-0.15, -0.1) is 5.10 Å². The van der Waals surface area contributed by atoms with Crippen LogP contribution >= 0.6 is 11.6 Å². The van der Waals surface area contributed by atoms with Crippen LogP contribution in [0, 0.1) is 5.82 Å². The zero-order chi connectivity index (χ0) is 19.4. The van der Waals surface area contributed by atoms with Gasteiger partial charge in [0.1, 0.15) is 12.1 Å². The average Bonchev–Trinajstić information content (AvgIpc) is 3.18. The summed E-state index contributed by atoms with van der Waals surface area (Å²) in [5.41, 5.74) is 0.836. The smallest absolute Gasteiger partial charge is 0.338 e. The Morgan fingerprint density at radius 2 is 1.96 bits per heavy atom. The number of carbonyl (C=O) groups excluding carboxylic acids is 2. The van der Waals surface area contributed by atoms with Crippen LogP contribution in [-0.2, 0) is 9.53 Å². The number of carbonyl (C=O) groups is 2. The zero-order valence-corrected chi connectivity index (χ0v) is 14.7. The molecule has 0 bridgehead atoms. The maximum atomic E-state index is 13.7. The third-order valence-electron chi connectivity index (χ3n) is 3.56. The van der Waals surface area contributed by atoms with Crippen molar-refractivity contribution in [3.63, 3.8) is 0 Å². The van der Waals surface area contributed by atoms with E-state index in [4.69, 9.17) is 16.3 Å². The Labute approximate surface area is 157 Å². The lowest BCUT2D eigenvalue weighted by Crippen LogP contribution is -2.30. The van der Waals surface area contributed by atoms with Crippen LogP contribution in [0.3, 0.4) is 0 Å². The highest BCUT2D eigenvalue weighted by molar-refractivity contribution is 6.30. The minimum atomic E-state index is -1.13. The van der Waals surface area contributed by atoms with Crippen molar-refractivity contribution in [3.05, 3.63) is 65.2 Å². The van der Waals surface area contributed by atoms with E-state index in [9.17, 15) is 14.0 Å². The third kappa shape index (κ3) is 4.45. The molecule has 0 saturated carbocycles. The molecule has 138 valence electrons. The second kappa shape index (κ2) is 7.92. The van der Waals surface area contributed by atoms with Gasteiger partial charge in [-0.1, -0.05) is 11.6 Å². The second-order valence-corrected chi connectivity index (χ2v) is 5.90. The molecule has 0 spiro atoms. The summed E-state index contributed by atoms with van der Waals surface area (Å²) in [6.45, 7) is 1.39. The van der Waals surface area contributed by atoms with Crippen molar-refractivity contribution in [2.75, 3.05) is 5.32 Å². The number of aromatic nitrogens is 4. The molecule has 1 aromatic heterocycles. The van der Waals surface area contributed by atoms with Crippen molar-refractivity contribution >= 4 is 29.2 Å². The maximum Gasteiger partial charge on any atom is 0.338 e. The summed E-state index contributed by atoms with van der Waals surface area (Å²) >= 11 is 5.66. The number of halogens is 2. The summed E-state index contributed by atoms with van der Waals surface area (Å²) < 4.78 is 20.3. The lowest BCUT2D eigenvalue weighted by molar-refractivity contribution is -0.123. The molecule has 3 rings (SSSR count). The number of nitrogens with zero attached hydrogens (tertiary/aromatic N) is 4. The summed E-state index contributed by atoms with van der Waals surface area (Å²) in [4.78, 5) is 24.3. The fourth-order valence-electron chi connectivity index (χ4n) is 2.14. The van der Waals surface area contributed by atoms with E-state index in [2.05, 4.69) is 20.8 Å². The molecular weight excluding hydrogens is 377 g/mol. The first kappa shape index (κ1) is 18.5. The van der Waals surface area contributed by atoms with Gasteiger partial charge in [0.05, 0.1) is 16.9 Å². The number of hydrogen-bond donors (Lipinski definition) is 1. The fraction of sp³-hybridized carbons (Fsp3) is 0.118. The van der Waals surface area contributed by atoms with Crippen molar-refractivity contribution in [3.8, 4) is 5.69 Å². The molecule has 0 radical (unpaired) electrons. The molecule has 1 atom stereocenters. The Hall–Kier alpha value is -3.33. The highest BCUT2D eigenvalue weighted by Gasteiger charge is 2.20. The molecule has 1 heterocycles. The van der Waals surface area contributed by atoms with E-state index in [1.807, 2.05) is 0 Å². The minimum absolute atomic E-state index is 0.0573. The molecule has 0 aliphatic rings. The van der Waals surface area contributed by atoms with Crippen LogP contribution in [-0.4, -0.2) is 38.2 Å². The summed E-state index contributed by atoms with van der Waals surface area (Å²) in [6, 6.07) is 10.1. The first-order chi connectivity index (χ1) is 12.9. The molecule has 1 N–H and O–H groups in total. The van der Waals surface area contributed by atoms with E-state index in [0.717, 1.165) is 6.07 Å². The average molecular weight is 390 g/mol. The van der Waals surface area contributed by atoms with Gasteiger partial charge in [-0.05, 0) is 59.8 Å². The van der Waals surface area contributed by atoms with Gasteiger partial charge >= 0.3 is 5.97 Å². The van der Waals surface area contributed by atoms with E-state index in [1.54, 1.807) is 12.1 Å². The van der Waals surface area contributed by atoms with Crippen LogP contribution < -0.4 is 5.32 Å². The van der Waals surface area contributed by atoms with Crippen molar-refractivity contribution < 1.29 is 18.7 Å².